The summed E-state index contributed by atoms with van der Waals surface area (Å²) in [5.41, 5.74) is 6.24. The summed E-state index contributed by atoms with van der Waals surface area (Å²) in [5.74, 6) is 1.29. The molecule has 1 aliphatic carbocycles. The Morgan fingerprint density at radius 2 is 1.96 bits per heavy atom. The van der Waals surface area contributed by atoms with Crippen LogP contribution in [0.5, 0.6) is 5.75 Å². The van der Waals surface area contributed by atoms with Gasteiger partial charge in [0.1, 0.15) is 5.75 Å². The maximum Gasteiger partial charge on any atom is 0.290 e. The summed E-state index contributed by atoms with van der Waals surface area (Å²) in [7, 11) is 0. The van der Waals surface area contributed by atoms with Crippen molar-refractivity contribution in [3.05, 3.63) is 41.5 Å². The molecule has 0 radical (unpaired) electrons. The molecule has 2 aromatic rings. The van der Waals surface area contributed by atoms with Crippen molar-refractivity contribution in [2.45, 2.75) is 38.5 Å². The predicted octanol–water partition coefficient (Wildman–Crippen LogP) is 2.52. The van der Waals surface area contributed by atoms with Gasteiger partial charge in [-0.25, -0.2) is 0 Å². The molecular formula is C17H21N3O3. The second-order valence-electron chi connectivity index (χ2n) is 5.98. The van der Waals surface area contributed by atoms with E-state index in [1.165, 1.54) is 25.7 Å². The lowest BCUT2D eigenvalue weighted by molar-refractivity contribution is 0.0987. The van der Waals surface area contributed by atoms with Crippen LogP contribution in [-0.4, -0.2) is 22.7 Å². The number of carbonyl (C=O) groups is 1. The summed E-state index contributed by atoms with van der Waals surface area (Å²) >= 11 is 0. The number of carbonyl (C=O) groups excluding carboxylic acids is 1. The fraction of sp³-hybridized carbons (Fsp3) is 0.471. The first-order valence-corrected chi connectivity index (χ1v) is 8.05. The molecule has 3 rings (SSSR count). The normalized spacial score (nSPS) is 15.0. The zero-order valence-corrected chi connectivity index (χ0v) is 13.0. The average molecular weight is 315 g/mol. The van der Waals surface area contributed by atoms with E-state index in [1.807, 2.05) is 24.3 Å². The van der Waals surface area contributed by atoms with Crippen LogP contribution in [0.3, 0.4) is 0 Å². The van der Waals surface area contributed by atoms with Crippen molar-refractivity contribution in [2.75, 3.05) is 6.61 Å². The van der Waals surface area contributed by atoms with Crippen LogP contribution in [-0.2, 0) is 12.8 Å². The van der Waals surface area contributed by atoms with E-state index >= 15 is 0 Å². The third-order valence-corrected chi connectivity index (χ3v) is 4.20. The third kappa shape index (κ3) is 4.31. The van der Waals surface area contributed by atoms with E-state index in [0.29, 0.717) is 18.2 Å². The molecule has 122 valence electrons. The maximum absolute atomic E-state index is 10.9. The van der Waals surface area contributed by atoms with Gasteiger partial charge in [-0.15, -0.1) is 0 Å². The van der Waals surface area contributed by atoms with Gasteiger partial charge in [0.05, 0.1) is 6.61 Å². The first-order chi connectivity index (χ1) is 11.2. The Balaban J connectivity index is 1.47. The summed E-state index contributed by atoms with van der Waals surface area (Å²) in [6.45, 7) is 0.817. The molecule has 0 atom stereocenters. The van der Waals surface area contributed by atoms with Crippen molar-refractivity contribution in [1.29, 1.82) is 0 Å². The summed E-state index contributed by atoms with van der Waals surface area (Å²) in [4.78, 5) is 14.8. The zero-order valence-electron chi connectivity index (χ0n) is 13.0. The van der Waals surface area contributed by atoms with Gasteiger partial charge in [0, 0.05) is 6.42 Å². The molecule has 6 heteroatoms. The molecule has 1 amide bonds. The molecule has 0 spiro atoms. The van der Waals surface area contributed by atoms with Gasteiger partial charge in [-0.2, -0.15) is 4.98 Å². The van der Waals surface area contributed by atoms with Gasteiger partial charge in [-0.05, 0) is 42.9 Å². The molecule has 0 unspecified atom stereocenters. The van der Waals surface area contributed by atoms with E-state index in [0.717, 1.165) is 24.3 Å². The molecule has 23 heavy (non-hydrogen) atoms. The summed E-state index contributed by atoms with van der Waals surface area (Å²) < 4.78 is 10.8. The van der Waals surface area contributed by atoms with Gasteiger partial charge in [-0.1, -0.05) is 30.1 Å². The fourth-order valence-corrected chi connectivity index (χ4v) is 2.85. The average Bonchev–Trinajstić information content (AvgIpc) is 3.23. The third-order valence-electron chi connectivity index (χ3n) is 4.20. The number of rotatable bonds is 7. The van der Waals surface area contributed by atoms with Gasteiger partial charge in [-0.3, -0.25) is 4.79 Å². The van der Waals surface area contributed by atoms with Crippen LogP contribution in [0, 0.1) is 5.92 Å². The molecule has 1 saturated carbocycles. The van der Waals surface area contributed by atoms with Crippen LogP contribution in [0.2, 0.25) is 0 Å². The van der Waals surface area contributed by atoms with Gasteiger partial charge >= 0.3 is 0 Å². The molecule has 1 fully saturated rings. The smallest absolute Gasteiger partial charge is 0.290 e. The topological polar surface area (TPSA) is 91.2 Å². The molecule has 6 nitrogen and oxygen atoms in total. The highest BCUT2D eigenvalue weighted by atomic mass is 16.5. The number of nitrogens with zero attached hydrogens (tertiary/aromatic N) is 2. The lowest BCUT2D eigenvalue weighted by atomic mass is 10.1. The van der Waals surface area contributed by atoms with Crippen molar-refractivity contribution in [1.82, 2.24) is 10.1 Å². The molecule has 1 aromatic carbocycles. The molecule has 1 aromatic heterocycles. The van der Waals surface area contributed by atoms with Gasteiger partial charge in [0.25, 0.3) is 11.7 Å². The monoisotopic (exact) mass is 315 g/mol. The van der Waals surface area contributed by atoms with Crippen molar-refractivity contribution in [3.8, 4) is 5.75 Å². The van der Waals surface area contributed by atoms with Crippen molar-refractivity contribution in [3.63, 3.8) is 0 Å². The summed E-state index contributed by atoms with van der Waals surface area (Å²) in [5, 5.41) is 3.52. The van der Waals surface area contributed by atoms with Gasteiger partial charge in [0.15, 0.2) is 0 Å². The van der Waals surface area contributed by atoms with Crippen molar-refractivity contribution >= 4 is 5.91 Å². The number of primary amides is 1. The first-order valence-electron chi connectivity index (χ1n) is 8.05. The van der Waals surface area contributed by atoms with Crippen LogP contribution in [0.25, 0.3) is 0 Å². The van der Waals surface area contributed by atoms with E-state index in [9.17, 15) is 4.79 Å². The van der Waals surface area contributed by atoms with Crippen molar-refractivity contribution in [2.24, 2.45) is 11.7 Å². The van der Waals surface area contributed by atoms with Crippen LogP contribution >= 0.6 is 0 Å². The second-order valence-corrected chi connectivity index (χ2v) is 5.98. The Bertz CT molecular complexity index is 645. The number of ether oxygens (including phenoxy) is 1. The number of hydrogen-bond acceptors (Lipinski definition) is 5. The Morgan fingerprint density at radius 3 is 2.61 bits per heavy atom. The number of aryl methyl sites for hydroxylation is 2. The Labute approximate surface area is 135 Å². The highest BCUT2D eigenvalue weighted by molar-refractivity contribution is 5.88. The predicted molar refractivity (Wildman–Crippen MR) is 84.1 cm³/mol. The zero-order chi connectivity index (χ0) is 16.1. The van der Waals surface area contributed by atoms with Crippen LogP contribution in [0.4, 0.5) is 0 Å². The Kier molecular flexibility index (Phi) is 4.90. The maximum atomic E-state index is 10.9. The number of amides is 1. The quantitative estimate of drug-likeness (QED) is 0.847. The van der Waals surface area contributed by atoms with Gasteiger partial charge in [0.2, 0.25) is 5.89 Å². The number of benzene rings is 1. The lowest BCUT2D eigenvalue weighted by Gasteiger charge is -2.11. The van der Waals surface area contributed by atoms with Crippen LogP contribution in [0.1, 0.15) is 47.8 Å². The Morgan fingerprint density at radius 1 is 1.22 bits per heavy atom. The SMILES string of the molecule is NC(=O)c1noc(CCc2ccc(OCC3CCCC3)cc2)n1. The standard InChI is InChI=1S/C17H21N3O3/c18-16(21)17-19-15(23-20-17)10-7-12-5-8-14(9-6-12)22-11-13-3-1-2-4-13/h5-6,8-9,13H,1-4,7,10-11H2,(H2,18,21). The van der Waals surface area contributed by atoms with E-state index in [-0.39, 0.29) is 5.82 Å². The van der Waals surface area contributed by atoms with E-state index in [4.69, 9.17) is 15.0 Å². The minimum Gasteiger partial charge on any atom is -0.493 e. The molecular weight excluding hydrogens is 294 g/mol. The largest absolute Gasteiger partial charge is 0.493 e. The molecule has 0 aliphatic heterocycles. The minimum atomic E-state index is -0.677. The molecule has 0 bridgehead atoms. The number of nitrogens with two attached hydrogens (primary N) is 1. The van der Waals surface area contributed by atoms with Crippen LogP contribution in [0.15, 0.2) is 28.8 Å². The summed E-state index contributed by atoms with van der Waals surface area (Å²) in [6, 6.07) is 8.06. The lowest BCUT2D eigenvalue weighted by Crippen LogP contribution is -2.12. The highest BCUT2D eigenvalue weighted by Crippen LogP contribution is 2.25. The van der Waals surface area contributed by atoms with Crippen LogP contribution < -0.4 is 10.5 Å². The minimum absolute atomic E-state index is 0.0735. The molecule has 1 aliphatic rings. The first kappa shape index (κ1) is 15.5. The molecule has 0 saturated heterocycles. The number of hydrogen-bond donors (Lipinski definition) is 1. The van der Waals surface area contributed by atoms with Crippen molar-refractivity contribution < 1.29 is 14.1 Å². The van der Waals surface area contributed by atoms with E-state index in [1.54, 1.807) is 0 Å². The molecule has 2 N–H and O–H groups in total. The van der Waals surface area contributed by atoms with E-state index in [2.05, 4.69) is 10.1 Å². The highest BCUT2D eigenvalue weighted by Gasteiger charge is 2.15. The second kappa shape index (κ2) is 7.26. The van der Waals surface area contributed by atoms with E-state index < -0.39 is 5.91 Å². The fourth-order valence-electron chi connectivity index (χ4n) is 2.85. The number of aromatic nitrogens is 2. The Hall–Kier alpha value is -2.37. The van der Waals surface area contributed by atoms with Gasteiger partial charge < -0.3 is 15.0 Å². The molecule has 1 heterocycles. The summed E-state index contributed by atoms with van der Waals surface area (Å²) in [6.07, 6.45) is 6.57.